The summed E-state index contributed by atoms with van der Waals surface area (Å²) in [6.07, 6.45) is 19.3. The number of methoxy groups -OCH3 is 1. The maximum atomic E-state index is 11.4. The van der Waals surface area contributed by atoms with Crippen LogP contribution in [0.4, 0.5) is 0 Å². The van der Waals surface area contributed by atoms with Gasteiger partial charge in [-0.05, 0) is 99.5 Å². The number of ether oxygens (including phenoxy) is 23. The normalized spacial score (nSPS) is 10.7. The lowest BCUT2D eigenvalue weighted by atomic mass is 10.1. The maximum Gasteiger partial charge on any atom is 0.331 e. The molecule has 36 heteroatoms. The summed E-state index contributed by atoms with van der Waals surface area (Å²) < 4.78 is 121. The van der Waals surface area contributed by atoms with Crippen LogP contribution in [-0.2, 0) is 157 Å². The molecule has 3 N–H and O–H groups in total. The van der Waals surface area contributed by atoms with Crippen molar-refractivity contribution in [3.8, 4) is 0 Å². The van der Waals surface area contributed by atoms with Crippen LogP contribution in [0.25, 0.3) is 0 Å². The first-order valence-corrected chi connectivity index (χ1v) is 45.7. The molecule has 0 aromatic carbocycles. The van der Waals surface area contributed by atoms with Crippen molar-refractivity contribution in [3.63, 3.8) is 0 Å². The molecule has 0 aromatic heterocycles. The molecule has 0 spiro atoms. The number of likely N-dealkylation sites (N-methyl/N-ethyl adjacent to an activating group) is 1. The van der Waals surface area contributed by atoms with Crippen LogP contribution in [0.15, 0.2) is 0 Å². The first kappa shape index (κ1) is 132. The van der Waals surface area contributed by atoms with Gasteiger partial charge in [0.15, 0.2) is 23.1 Å². The third kappa shape index (κ3) is 142. The summed E-state index contributed by atoms with van der Waals surface area (Å²) in [6, 6.07) is 0. The molecule has 0 radical (unpaired) electrons. The fourth-order valence-corrected chi connectivity index (χ4v) is 8.70. The van der Waals surface area contributed by atoms with Gasteiger partial charge in [-0.2, -0.15) is 0 Å². The number of unbranched alkanes of at least 4 members (excludes halogenated alkanes) is 9. The minimum atomic E-state index is -0.366. The van der Waals surface area contributed by atoms with Gasteiger partial charge in [-0.1, -0.05) is 79.6 Å². The molecule has 0 heterocycles. The first-order chi connectivity index (χ1) is 61.2. The molecule has 36 nitrogen and oxygen atoms in total. The Labute approximate surface area is 756 Å². The van der Waals surface area contributed by atoms with Crippen molar-refractivity contribution in [2.24, 2.45) is 0 Å². The van der Waals surface area contributed by atoms with E-state index in [0.29, 0.717) is 257 Å². The van der Waals surface area contributed by atoms with Gasteiger partial charge in [0.05, 0.1) is 205 Å². The van der Waals surface area contributed by atoms with E-state index in [9.17, 15) is 47.9 Å². The molecule has 0 bridgehead atoms. The molecule has 0 aliphatic rings. The Morgan fingerprint density at radius 3 is 0.722 bits per heavy atom. The predicted molar refractivity (Wildman–Crippen MR) is 479 cm³/mol. The van der Waals surface area contributed by atoms with Crippen LogP contribution in [-0.4, -0.2) is 383 Å². The number of nitrogens with one attached hydrogen (secondary N) is 3. The fourth-order valence-electron chi connectivity index (χ4n) is 8.70. The number of ketones is 7. The average Bonchev–Trinajstić information content (AvgIpc) is 1.05. The monoisotopic (exact) mass is 1830 g/mol. The highest BCUT2D eigenvalue weighted by Crippen LogP contribution is 2.04. The van der Waals surface area contributed by atoms with Crippen LogP contribution in [0.1, 0.15) is 204 Å². The smallest absolute Gasteiger partial charge is 0.331 e. The van der Waals surface area contributed by atoms with E-state index in [2.05, 4.69) is 55.3 Å². The number of Topliss-reactive ketones (excluding diaryl/α,β-unsaturated/α-hetero) is 7. The summed E-state index contributed by atoms with van der Waals surface area (Å²) in [5, 5.41) is 8.20. The van der Waals surface area contributed by atoms with E-state index in [-0.39, 0.29) is 105 Å². The number of hydrogen-bond donors (Lipinski definition) is 3. The Morgan fingerprint density at radius 2 is 0.444 bits per heavy atom. The van der Waals surface area contributed by atoms with E-state index >= 15 is 0 Å². The number of amides is 2. The molecular weight excluding hydrogens is 1650 g/mol. The van der Waals surface area contributed by atoms with Crippen molar-refractivity contribution in [2.75, 3.05) is 324 Å². The fraction of sp³-hybridized carbons (Fsp3) is 0.889. The largest absolute Gasteiger partial charge is 0.467 e. The SMILES string of the molecule is CCCCCOCCOCCOCCCCC(=O)CCC(C)=O.CCCCCOCCOCCOCCCCC(=O)COCC(C)=O.CCCCOCCOCCC(C)=O.CCCCOCCOCCNC(=O)COCC(C)=O.CCCCOCCOCCOCCOCCOCCOCCOCCNC(=O)COCC(C)=O.CNCCOCCOCC(=O)OC. The standard InChI is InChI=1S/C23H45NO10.C18H34O6.C18H34O5.C13H25NO5.C10H20O3.C8H17NO4/c1-3-4-6-27-8-10-29-12-14-31-16-18-33-19-17-32-15-13-30-11-9-28-7-5-24-23(26)21-34-20-22(2)25;1-3-4-6-9-21-11-13-23-14-12-22-10-7-5-8-18(20)16-24-15-17(2)19;1-3-4-6-11-21-13-15-23-16-14-22-12-7-5-8-18(20)10-9-17(2)19;1-3-4-6-17-8-9-18-7-5-14-13(16)11-19-10-12(2)15;1-3-4-6-12-8-9-13-7-5-10(2)11;1-9-3-4-12-5-6-13-7-8(10)11-2/h3-21H2,1-2H3,(H,24,26);3-16H2,1-2H3;3-16H2,1-2H3;3-11H2,1-2H3,(H,14,16);3-9H2,1-2H3;9H,3-7H2,1-2H3. The van der Waals surface area contributed by atoms with Crippen molar-refractivity contribution in [1.29, 1.82) is 0 Å². The summed E-state index contributed by atoms with van der Waals surface area (Å²) >= 11 is 0. The molecular formula is C90H175N3O33. The Morgan fingerprint density at radius 1 is 0.198 bits per heavy atom. The number of esters is 1. The molecule has 0 aliphatic heterocycles. The van der Waals surface area contributed by atoms with Crippen molar-refractivity contribution in [2.45, 2.75) is 204 Å². The summed E-state index contributed by atoms with van der Waals surface area (Å²) in [6.45, 7) is 40.9. The van der Waals surface area contributed by atoms with Crippen LogP contribution in [0.5, 0.6) is 0 Å². The van der Waals surface area contributed by atoms with Gasteiger partial charge < -0.3 is 130 Å². The van der Waals surface area contributed by atoms with E-state index in [1.165, 1.54) is 60.5 Å². The summed E-state index contributed by atoms with van der Waals surface area (Å²) in [7, 11) is 3.19. The highest BCUT2D eigenvalue weighted by atomic mass is 16.6. The van der Waals surface area contributed by atoms with Crippen molar-refractivity contribution < 1.29 is 157 Å². The van der Waals surface area contributed by atoms with Gasteiger partial charge in [0, 0.05) is 98.0 Å². The van der Waals surface area contributed by atoms with Gasteiger partial charge in [-0.3, -0.25) is 38.4 Å². The van der Waals surface area contributed by atoms with Gasteiger partial charge in [0.1, 0.15) is 63.6 Å². The minimum absolute atomic E-state index is 0.00805. The second kappa shape index (κ2) is 120. The summed E-state index contributed by atoms with van der Waals surface area (Å²) in [5.41, 5.74) is 0. The lowest BCUT2D eigenvalue weighted by Crippen LogP contribution is -2.31. The number of rotatable bonds is 95. The highest BCUT2D eigenvalue weighted by Gasteiger charge is 2.09. The van der Waals surface area contributed by atoms with Gasteiger partial charge in [0.25, 0.3) is 0 Å². The van der Waals surface area contributed by atoms with Gasteiger partial charge in [-0.15, -0.1) is 0 Å². The Balaban J connectivity index is -0.000000354. The number of carbonyl (C=O) groups is 10. The van der Waals surface area contributed by atoms with Gasteiger partial charge in [0.2, 0.25) is 11.8 Å². The van der Waals surface area contributed by atoms with Crippen LogP contribution in [0.3, 0.4) is 0 Å². The van der Waals surface area contributed by atoms with E-state index in [4.69, 9.17) is 104 Å². The lowest BCUT2D eigenvalue weighted by molar-refractivity contribution is -0.146. The molecule has 0 fully saturated rings. The average molecular weight is 1830 g/mol. The second-order valence-electron chi connectivity index (χ2n) is 28.2. The molecule has 2 amide bonds. The van der Waals surface area contributed by atoms with Crippen LogP contribution in [0, 0.1) is 0 Å². The van der Waals surface area contributed by atoms with E-state index in [1.807, 2.05) is 7.05 Å². The highest BCUT2D eigenvalue weighted by molar-refractivity contribution is 5.85. The molecule has 0 aliphatic carbocycles. The molecule has 126 heavy (non-hydrogen) atoms. The van der Waals surface area contributed by atoms with Crippen molar-refractivity contribution in [1.82, 2.24) is 16.0 Å². The van der Waals surface area contributed by atoms with Crippen LogP contribution in [0.2, 0.25) is 0 Å². The zero-order valence-corrected chi connectivity index (χ0v) is 80.1. The predicted octanol–water partition coefficient (Wildman–Crippen LogP) is 8.28. The minimum Gasteiger partial charge on any atom is -0.467 e. The third-order valence-corrected chi connectivity index (χ3v) is 15.6. The molecule has 0 saturated carbocycles. The molecule has 0 aromatic rings. The van der Waals surface area contributed by atoms with E-state index in [0.717, 1.165) is 117 Å². The molecule has 0 saturated heterocycles. The van der Waals surface area contributed by atoms with Crippen LogP contribution < -0.4 is 16.0 Å². The first-order valence-electron chi connectivity index (χ1n) is 45.7. The maximum absolute atomic E-state index is 11.4. The second-order valence-corrected chi connectivity index (χ2v) is 28.2. The number of hydrogen-bond acceptors (Lipinski definition) is 34. The third-order valence-electron chi connectivity index (χ3n) is 15.6. The zero-order valence-electron chi connectivity index (χ0n) is 80.1. The van der Waals surface area contributed by atoms with Gasteiger partial charge >= 0.3 is 5.97 Å². The Kier molecular flexibility index (Phi) is 126. The summed E-state index contributed by atoms with van der Waals surface area (Å²) in [4.78, 5) is 109. The molecule has 0 rings (SSSR count). The number of carbonyl (C=O) groups excluding carboxylic acids is 10. The molecule has 0 unspecified atom stereocenters. The topological polar surface area (TPSA) is 419 Å². The Bertz CT molecular complexity index is 2320. The van der Waals surface area contributed by atoms with Crippen LogP contribution >= 0.6 is 0 Å². The zero-order chi connectivity index (χ0) is 94.2. The van der Waals surface area contributed by atoms with Crippen molar-refractivity contribution in [3.05, 3.63) is 0 Å². The quantitative estimate of drug-likeness (QED) is 0.0380. The molecule has 748 valence electrons. The molecule has 0 atom stereocenters. The van der Waals surface area contributed by atoms with E-state index < -0.39 is 0 Å². The van der Waals surface area contributed by atoms with E-state index in [1.54, 1.807) is 6.92 Å². The summed E-state index contributed by atoms with van der Waals surface area (Å²) in [5.74, 6) is -0.729. The lowest BCUT2D eigenvalue weighted by Gasteiger charge is -2.09. The Hall–Kier alpha value is -4.82. The van der Waals surface area contributed by atoms with Crippen molar-refractivity contribution >= 4 is 58.3 Å². The van der Waals surface area contributed by atoms with Gasteiger partial charge in [-0.25, -0.2) is 4.79 Å².